The van der Waals surface area contributed by atoms with E-state index in [-0.39, 0.29) is 18.3 Å². The second-order valence-corrected chi connectivity index (χ2v) is 9.35. The van der Waals surface area contributed by atoms with E-state index in [1.165, 1.54) is 0 Å². The molecule has 1 N–H and O–H groups in total. The van der Waals surface area contributed by atoms with Gasteiger partial charge < -0.3 is 10.2 Å². The first-order valence-corrected chi connectivity index (χ1v) is 9.64. The van der Waals surface area contributed by atoms with E-state index in [1.54, 1.807) is 30.9 Å². The van der Waals surface area contributed by atoms with Gasteiger partial charge in [0.2, 0.25) is 0 Å². The van der Waals surface area contributed by atoms with Crippen LogP contribution in [-0.2, 0) is 16.3 Å². The van der Waals surface area contributed by atoms with Crippen molar-refractivity contribution in [3.63, 3.8) is 0 Å². The van der Waals surface area contributed by atoms with Crippen LogP contribution in [-0.4, -0.2) is 49.5 Å². The van der Waals surface area contributed by atoms with Gasteiger partial charge in [0, 0.05) is 19.6 Å². The SMILES string of the molecule is CC1(C)CCN(C(=O)NCCc2cccc(C#N)c2)CCS1(=O)=O. The number of benzene rings is 1. The van der Waals surface area contributed by atoms with E-state index in [1.807, 2.05) is 12.1 Å². The van der Waals surface area contributed by atoms with E-state index in [9.17, 15) is 13.2 Å². The molecular weight excluding hydrogens is 326 g/mol. The molecule has 1 aromatic rings. The van der Waals surface area contributed by atoms with Crippen molar-refractivity contribution in [2.75, 3.05) is 25.4 Å². The van der Waals surface area contributed by atoms with Crippen molar-refractivity contribution in [1.82, 2.24) is 10.2 Å². The molecule has 0 radical (unpaired) electrons. The maximum absolute atomic E-state index is 12.3. The lowest BCUT2D eigenvalue weighted by molar-refractivity contribution is 0.200. The minimum absolute atomic E-state index is 0.00235. The third-order valence-corrected chi connectivity index (χ3v) is 7.10. The summed E-state index contributed by atoms with van der Waals surface area (Å²) < 4.78 is 23.5. The highest BCUT2D eigenvalue weighted by molar-refractivity contribution is 7.92. The van der Waals surface area contributed by atoms with Crippen molar-refractivity contribution in [2.45, 2.75) is 31.4 Å². The summed E-state index contributed by atoms with van der Waals surface area (Å²) in [6, 6.07) is 9.12. The predicted octanol–water partition coefficient (Wildman–Crippen LogP) is 1.71. The van der Waals surface area contributed by atoms with Crippen LogP contribution < -0.4 is 5.32 Å². The zero-order valence-corrected chi connectivity index (χ0v) is 14.9. The minimum Gasteiger partial charge on any atom is -0.338 e. The molecule has 0 atom stereocenters. The number of carbonyl (C=O) groups is 1. The fourth-order valence-electron chi connectivity index (χ4n) is 2.60. The highest BCUT2D eigenvalue weighted by Crippen LogP contribution is 2.25. The molecular formula is C17H23N3O3S. The van der Waals surface area contributed by atoms with Gasteiger partial charge in [0.1, 0.15) is 0 Å². The van der Waals surface area contributed by atoms with Gasteiger partial charge in [-0.1, -0.05) is 12.1 Å². The molecule has 24 heavy (non-hydrogen) atoms. The molecule has 0 spiro atoms. The van der Waals surface area contributed by atoms with Crippen LogP contribution in [0.4, 0.5) is 4.79 Å². The first-order chi connectivity index (χ1) is 11.2. The van der Waals surface area contributed by atoms with Crippen molar-refractivity contribution < 1.29 is 13.2 Å². The Hall–Kier alpha value is -2.07. The Labute approximate surface area is 143 Å². The summed E-state index contributed by atoms with van der Waals surface area (Å²) in [5, 5.41) is 11.7. The van der Waals surface area contributed by atoms with Crippen LogP contribution in [0.15, 0.2) is 24.3 Å². The number of nitrogens with zero attached hydrogens (tertiary/aromatic N) is 2. The van der Waals surface area contributed by atoms with Gasteiger partial charge >= 0.3 is 6.03 Å². The molecule has 0 saturated carbocycles. The van der Waals surface area contributed by atoms with E-state index in [0.717, 1.165) is 5.56 Å². The monoisotopic (exact) mass is 349 g/mol. The quantitative estimate of drug-likeness (QED) is 0.899. The van der Waals surface area contributed by atoms with Crippen molar-refractivity contribution >= 4 is 15.9 Å². The number of sulfone groups is 1. The summed E-state index contributed by atoms with van der Waals surface area (Å²) in [4.78, 5) is 13.8. The fourth-order valence-corrected chi connectivity index (χ4v) is 4.02. The topological polar surface area (TPSA) is 90.3 Å². The second kappa shape index (κ2) is 7.22. The Morgan fingerprint density at radius 2 is 2.12 bits per heavy atom. The molecule has 2 amide bonds. The number of nitrogens with one attached hydrogen (secondary N) is 1. The maximum Gasteiger partial charge on any atom is 0.317 e. The van der Waals surface area contributed by atoms with E-state index >= 15 is 0 Å². The lowest BCUT2D eigenvalue weighted by Gasteiger charge is -2.22. The standard InChI is InChI=1S/C17H23N3O3S/c1-17(2)7-9-20(10-11-24(17,22)23)16(21)19-8-6-14-4-3-5-15(12-14)13-18/h3-5,12H,6-11H2,1-2H3,(H,19,21). The van der Waals surface area contributed by atoms with E-state index < -0.39 is 14.6 Å². The molecule has 7 heteroatoms. The molecule has 0 aliphatic carbocycles. The number of amides is 2. The molecule has 0 aromatic heterocycles. The van der Waals surface area contributed by atoms with Crippen LogP contribution >= 0.6 is 0 Å². The van der Waals surface area contributed by atoms with Crippen molar-refractivity contribution in [2.24, 2.45) is 0 Å². The minimum atomic E-state index is -3.19. The molecule has 0 bridgehead atoms. The first-order valence-electron chi connectivity index (χ1n) is 7.99. The number of hydrogen-bond acceptors (Lipinski definition) is 4. The average Bonchev–Trinajstić information content (AvgIpc) is 2.64. The number of rotatable bonds is 3. The van der Waals surface area contributed by atoms with Gasteiger partial charge in [-0.05, 0) is 44.4 Å². The van der Waals surface area contributed by atoms with E-state index in [4.69, 9.17) is 5.26 Å². The van der Waals surface area contributed by atoms with Crippen LogP contribution in [0.5, 0.6) is 0 Å². The Bertz CT molecular complexity index is 751. The summed E-state index contributed by atoms with van der Waals surface area (Å²) >= 11 is 0. The normalized spacial score (nSPS) is 19.1. The number of urea groups is 1. The number of hydrogen-bond donors (Lipinski definition) is 1. The molecule has 1 aliphatic rings. The molecule has 130 valence electrons. The van der Waals surface area contributed by atoms with Gasteiger partial charge in [-0.2, -0.15) is 5.26 Å². The van der Waals surface area contributed by atoms with Gasteiger partial charge in [0.15, 0.2) is 9.84 Å². The average molecular weight is 349 g/mol. The van der Waals surface area contributed by atoms with Crippen LogP contribution in [0.1, 0.15) is 31.4 Å². The van der Waals surface area contributed by atoms with Crippen LogP contribution in [0, 0.1) is 11.3 Å². The summed E-state index contributed by atoms with van der Waals surface area (Å²) in [6.45, 7) is 4.53. The summed E-state index contributed by atoms with van der Waals surface area (Å²) in [5.41, 5.74) is 1.58. The third kappa shape index (κ3) is 4.26. The Kier molecular flexibility index (Phi) is 5.50. The molecule has 6 nitrogen and oxygen atoms in total. The van der Waals surface area contributed by atoms with Crippen LogP contribution in [0.25, 0.3) is 0 Å². The largest absolute Gasteiger partial charge is 0.338 e. The second-order valence-electron chi connectivity index (χ2n) is 6.61. The highest BCUT2D eigenvalue weighted by Gasteiger charge is 2.37. The van der Waals surface area contributed by atoms with Gasteiger partial charge in [0.05, 0.1) is 22.1 Å². The predicted molar refractivity (Wildman–Crippen MR) is 92.3 cm³/mol. The van der Waals surface area contributed by atoms with E-state index in [2.05, 4.69) is 11.4 Å². The first kappa shape index (κ1) is 18.3. The van der Waals surface area contributed by atoms with Gasteiger partial charge in [0.25, 0.3) is 0 Å². The lowest BCUT2D eigenvalue weighted by atomic mass is 10.1. The highest BCUT2D eigenvalue weighted by atomic mass is 32.2. The van der Waals surface area contributed by atoms with Gasteiger partial charge in [-0.15, -0.1) is 0 Å². The zero-order chi connectivity index (χ0) is 17.8. The zero-order valence-electron chi connectivity index (χ0n) is 14.1. The fraction of sp³-hybridized carbons (Fsp3) is 0.529. The smallest absolute Gasteiger partial charge is 0.317 e. The Morgan fingerprint density at radius 3 is 2.83 bits per heavy atom. The molecule has 0 unspecified atom stereocenters. The maximum atomic E-state index is 12.3. The Balaban J connectivity index is 1.88. The van der Waals surface area contributed by atoms with E-state index in [0.29, 0.717) is 31.5 Å². The number of nitriles is 1. The lowest BCUT2D eigenvalue weighted by Crippen LogP contribution is -2.42. The molecule has 2 rings (SSSR count). The Morgan fingerprint density at radius 1 is 1.38 bits per heavy atom. The number of carbonyl (C=O) groups excluding carboxylic acids is 1. The molecule has 1 heterocycles. The third-order valence-electron chi connectivity index (χ3n) is 4.49. The van der Waals surface area contributed by atoms with Crippen LogP contribution in [0.2, 0.25) is 0 Å². The van der Waals surface area contributed by atoms with Crippen molar-refractivity contribution in [1.29, 1.82) is 5.26 Å². The molecule has 1 saturated heterocycles. The molecule has 1 aromatic carbocycles. The van der Waals surface area contributed by atoms with Gasteiger partial charge in [-0.3, -0.25) is 0 Å². The summed E-state index contributed by atoms with van der Waals surface area (Å²) in [6.07, 6.45) is 1.06. The molecule has 1 fully saturated rings. The van der Waals surface area contributed by atoms with Crippen molar-refractivity contribution in [3.05, 3.63) is 35.4 Å². The van der Waals surface area contributed by atoms with Gasteiger partial charge in [-0.25, -0.2) is 13.2 Å². The van der Waals surface area contributed by atoms with Crippen LogP contribution in [0.3, 0.4) is 0 Å². The summed E-state index contributed by atoms with van der Waals surface area (Å²) in [7, 11) is -3.19. The summed E-state index contributed by atoms with van der Waals surface area (Å²) in [5.74, 6) is -0.00235. The van der Waals surface area contributed by atoms with Crippen molar-refractivity contribution in [3.8, 4) is 6.07 Å². The molecule has 1 aliphatic heterocycles.